The molecular formula is C33H46Cl2N2Pd. The summed E-state index contributed by atoms with van der Waals surface area (Å²) >= 11 is -0.106. The van der Waals surface area contributed by atoms with E-state index in [1.807, 2.05) is 0 Å². The second kappa shape index (κ2) is 18.9. The fraction of sp³-hybridized carbons (Fsp3) is 0.515. The van der Waals surface area contributed by atoms with Crippen LogP contribution >= 0.6 is 19.1 Å². The first-order valence-electron chi connectivity index (χ1n) is 14.5. The Morgan fingerprint density at radius 1 is 0.553 bits per heavy atom. The Morgan fingerprint density at radius 3 is 1.26 bits per heavy atom. The third kappa shape index (κ3) is 9.75. The molecule has 0 saturated carbocycles. The standard InChI is InChI=1S/C33H46N2.2ClH.Pd/c1-5-9-13-15-27-20-24-29(25-21-27)33-31(17-12-8-4)30(16-11-7-3)32(35(33)34)28-22-18-26(19-23-28)14-10-6-2;;;/h18-25H,5-17H2,1-4H3;2*1H;/q;;;+2/p-2. The number of hydrogen-bond donors (Lipinski definition) is 0. The fourth-order valence-electron chi connectivity index (χ4n) is 5.11. The van der Waals surface area contributed by atoms with Crippen LogP contribution in [0.25, 0.3) is 16.9 Å². The first-order chi connectivity index (χ1) is 18.6. The molecule has 1 aliphatic heterocycles. The van der Waals surface area contributed by atoms with Gasteiger partial charge in [-0.15, -0.1) is 0 Å². The molecule has 0 unspecified atom stereocenters. The average molecular weight is 648 g/mol. The quantitative estimate of drug-likeness (QED) is 0.104. The van der Waals surface area contributed by atoms with Crippen molar-refractivity contribution < 1.29 is 20.6 Å². The number of hydrogen-bond acceptors (Lipinski definition) is 0. The van der Waals surface area contributed by atoms with Crippen molar-refractivity contribution in [1.29, 1.82) is 0 Å². The third-order valence-corrected chi connectivity index (χ3v) is 7.26. The van der Waals surface area contributed by atoms with Crippen LogP contribution in [0.15, 0.2) is 59.7 Å². The van der Waals surface area contributed by atoms with Crippen LogP contribution in [0.4, 0.5) is 0 Å². The van der Waals surface area contributed by atoms with Crippen LogP contribution in [0.2, 0.25) is 0 Å². The number of benzene rings is 2. The molecule has 0 amide bonds. The normalized spacial score (nSPS) is 13.4. The van der Waals surface area contributed by atoms with Gasteiger partial charge in [-0.3, -0.25) is 0 Å². The van der Waals surface area contributed by atoms with Gasteiger partial charge in [-0.25, -0.2) is 4.70 Å². The first kappa shape index (κ1) is 33.0. The number of aryl methyl sites for hydroxylation is 2. The molecule has 38 heavy (non-hydrogen) atoms. The van der Waals surface area contributed by atoms with E-state index in [0.29, 0.717) is 0 Å². The van der Waals surface area contributed by atoms with Crippen molar-refractivity contribution in [3.63, 3.8) is 0 Å². The van der Waals surface area contributed by atoms with Crippen molar-refractivity contribution >= 4 is 30.5 Å². The van der Waals surface area contributed by atoms with Gasteiger partial charge in [-0.2, -0.15) is 0 Å². The van der Waals surface area contributed by atoms with E-state index in [2.05, 4.69) is 76.2 Å². The van der Waals surface area contributed by atoms with Crippen LogP contribution in [-0.4, -0.2) is 4.70 Å². The molecule has 0 bridgehead atoms. The van der Waals surface area contributed by atoms with Crippen molar-refractivity contribution in [2.75, 3.05) is 0 Å². The zero-order valence-corrected chi connectivity index (χ0v) is 26.8. The summed E-state index contributed by atoms with van der Waals surface area (Å²) in [6.07, 6.45) is 15.1. The number of halogens is 2. The molecule has 0 fully saturated rings. The summed E-state index contributed by atoms with van der Waals surface area (Å²) < 4.78 is 1.52. The van der Waals surface area contributed by atoms with Crippen LogP contribution in [0.3, 0.4) is 0 Å². The van der Waals surface area contributed by atoms with Gasteiger partial charge >= 0.3 is 35.0 Å². The summed E-state index contributed by atoms with van der Waals surface area (Å²) in [5, 5.41) is 0. The maximum absolute atomic E-state index is 11.7. The minimum atomic E-state index is -0.106. The fourth-order valence-corrected chi connectivity index (χ4v) is 5.11. The molecule has 0 atom stereocenters. The first-order valence-corrected chi connectivity index (χ1v) is 18.5. The van der Waals surface area contributed by atoms with E-state index in [1.165, 1.54) is 59.1 Å². The van der Waals surface area contributed by atoms with Crippen LogP contribution in [-0.2, 0) is 28.8 Å². The molecule has 2 aromatic carbocycles. The molecule has 3 rings (SSSR count). The molecule has 0 N–H and O–H groups in total. The summed E-state index contributed by atoms with van der Waals surface area (Å²) in [5.41, 5.74) is 21.4. The number of nitrogens with zero attached hydrogens (tertiary/aromatic N) is 2. The molecule has 0 aliphatic carbocycles. The molecule has 0 radical (unpaired) electrons. The predicted molar refractivity (Wildman–Crippen MR) is 163 cm³/mol. The minimum absolute atomic E-state index is 0.106. The Bertz CT molecular complexity index is 1040. The topological polar surface area (TPSA) is 25.3 Å². The number of unbranched alkanes of at least 4 members (excludes halogenated alkanes) is 5. The van der Waals surface area contributed by atoms with E-state index in [4.69, 9.17) is 19.1 Å². The van der Waals surface area contributed by atoms with Gasteiger partial charge in [-0.05, 0) is 86.8 Å². The van der Waals surface area contributed by atoms with Crippen LogP contribution in [0.1, 0.15) is 121 Å². The molecule has 0 spiro atoms. The second-order valence-corrected chi connectivity index (χ2v) is 12.5. The van der Waals surface area contributed by atoms with Gasteiger partial charge in [0, 0.05) is 22.3 Å². The molecule has 2 aromatic rings. The Balaban J connectivity index is 0.00000161. The summed E-state index contributed by atoms with van der Waals surface area (Å²) in [6, 6.07) is 17.9. The van der Waals surface area contributed by atoms with E-state index < -0.39 is 0 Å². The summed E-state index contributed by atoms with van der Waals surface area (Å²) in [7, 11) is 9.63. The summed E-state index contributed by atoms with van der Waals surface area (Å²) in [6.45, 7) is 9.00. The Hall–Kier alpha value is -1.24. The van der Waals surface area contributed by atoms with Crippen LogP contribution < -0.4 is 0 Å². The van der Waals surface area contributed by atoms with Gasteiger partial charge in [-0.1, -0.05) is 84.1 Å². The zero-order valence-electron chi connectivity index (χ0n) is 23.8. The van der Waals surface area contributed by atoms with E-state index >= 15 is 0 Å². The molecule has 5 heteroatoms. The third-order valence-electron chi connectivity index (χ3n) is 7.26. The van der Waals surface area contributed by atoms with Crippen molar-refractivity contribution in [2.45, 2.75) is 111 Å². The van der Waals surface area contributed by atoms with E-state index in [-0.39, 0.29) is 15.9 Å². The number of allylic oxidation sites excluding steroid dienone is 2. The molecular weight excluding hydrogens is 602 g/mol. The van der Waals surface area contributed by atoms with Gasteiger partial charge in [0.1, 0.15) is 0 Å². The molecule has 0 aromatic heterocycles. The van der Waals surface area contributed by atoms with Crippen LogP contribution in [0, 0.1) is 0 Å². The molecule has 1 heterocycles. The SMILES string of the molecule is CCCCCc1ccc(C2=C(CCCC)C(CCCC)=C(c3ccc(CCCC)cc3)[N+]2=[N-])cc1.[Cl][Pd][Cl]. The predicted octanol–water partition coefficient (Wildman–Crippen LogP) is 11.7. The van der Waals surface area contributed by atoms with E-state index in [0.717, 1.165) is 73.9 Å². The van der Waals surface area contributed by atoms with Crippen molar-refractivity contribution in [3.8, 4) is 0 Å². The van der Waals surface area contributed by atoms with Gasteiger partial charge in [0.25, 0.3) is 0 Å². The van der Waals surface area contributed by atoms with Gasteiger partial charge in [0.2, 0.25) is 11.4 Å². The molecule has 1 aliphatic rings. The van der Waals surface area contributed by atoms with Crippen molar-refractivity contribution in [2.24, 2.45) is 0 Å². The maximum atomic E-state index is 11.7. The molecule has 0 saturated heterocycles. The second-order valence-electron chi connectivity index (χ2n) is 10.2. The van der Waals surface area contributed by atoms with Crippen molar-refractivity contribution in [3.05, 3.63) is 87.5 Å². The summed E-state index contributed by atoms with van der Waals surface area (Å²) in [5.74, 6) is 0. The van der Waals surface area contributed by atoms with Gasteiger partial charge in [0.15, 0.2) is 0 Å². The van der Waals surface area contributed by atoms with E-state index in [1.54, 1.807) is 0 Å². The monoisotopic (exact) mass is 646 g/mol. The molecule has 2 nitrogen and oxygen atoms in total. The number of rotatable bonds is 15. The Labute approximate surface area is 248 Å². The van der Waals surface area contributed by atoms with Gasteiger partial charge in [0.05, 0.1) is 0 Å². The van der Waals surface area contributed by atoms with Crippen LogP contribution in [0.5, 0.6) is 0 Å². The molecule has 212 valence electrons. The van der Waals surface area contributed by atoms with Crippen molar-refractivity contribution in [1.82, 2.24) is 0 Å². The summed E-state index contributed by atoms with van der Waals surface area (Å²) in [4.78, 5) is 0. The Morgan fingerprint density at radius 2 is 0.895 bits per heavy atom. The average Bonchev–Trinajstić information content (AvgIpc) is 3.21. The van der Waals surface area contributed by atoms with E-state index in [9.17, 15) is 5.53 Å². The Kier molecular flexibility index (Phi) is 16.4. The zero-order chi connectivity index (χ0) is 27.8. The van der Waals surface area contributed by atoms with Gasteiger partial charge < -0.3 is 5.53 Å².